The second-order valence-corrected chi connectivity index (χ2v) is 11.5. The lowest BCUT2D eigenvalue weighted by molar-refractivity contribution is -0.207. The minimum Gasteiger partial charge on any atom is -0.345 e. The fourth-order valence-corrected chi connectivity index (χ4v) is 6.37. The number of carbonyl (C=O) groups is 3. The molecule has 1 aromatic carbocycles. The van der Waals surface area contributed by atoms with Crippen LogP contribution >= 0.6 is 0 Å². The van der Waals surface area contributed by atoms with E-state index >= 15 is 0 Å². The van der Waals surface area contributed by atoms with E-state index in [9.17, 15) is 27.6 Å². The summed E-state index contributed by atoms with van der Waals surface area (Å²) in [6.45, 7) is 4.24. The van der Waals surface area contributed by atoms with Crippen LogP contribution in [0.3, 0.4) is 0 Å². The van der Waals surface area contributed by atoms with Crippen LogP contribution in [0, 0.1) is 17.2 Å². The van der Waals surface area contributed by atoms with Crippen LogP contribution in [0.1, 0.15) is 77.1 Å². The highest BCUT2D eigenvalue weighted by Crippen LogP contribution is 2.64. The Morgan fingerprint density at radius 2 is 1.92 bits per heavy atom. The van der Waals surface area contributed by atoms with E-state index in [1.165, 1.54) is 6.07 Å². The van der Waals surface area contributed by atoms with Crippen LogP contribution < -0.4 is 10.6 Å². The number of imidazole rings is 1. The van der Waals surface area contributed by atoms with Crippen molar-refractivity contribution in [1.82, 2.24) is 25.5 Å². The highest BCUT2D eigenvalue weighted by atomic mass is 19.3. The molecular weight excluding hydrogens is 499 g/mol. The fourth-order valence-electron chi connectivity index (χ4n) is 6.37. The molecule has 5 rings (SSSR count). The van der Waals surface area contributed by atoms with Gasteiger partial charge in [-0.3, -0.25) is 14.4 Å². The molecule has 38 heavy (non-hydrogen) atoms. The maximum atomic E-state index is 14.1. The third-order valence-electron chi connectivity index (χ3n) is 8.38. The zero-order chi connectivity index (χ0) is 27.2. The average molecular weight is 534 g/mol. The second-order valence-electron chi connectivity index (χ2n) is 11.5. The first-order chi connectivity index (χ1) is 18.0. The van der Waals surface area contributed by atoms with Crippen molar-refractivity contribution in [2.45, 2.75) is 89.3 Å². The molecule has 11 heteroatoms. The number of nitrogens with one attached hydrogen (secondary N) is 3. The van der Waals surface area contributed by atoms with Gasteiger partial charge in [0.05, 0.1) is 18.0 Å². The molecule has 3 fully saturated rings. The second kappa shape index (κ2) is 9.89. The number of fused-ring (bicyclic) bond motifs is 1. The molecule has 1 aliphatic heterocycles. The number of piperidine rings is 1. The summed E-state index contributed by atoms with van der Waals surface area (Å²) in [5, 5.41) is 5.51. The summed E-state index contributed by atoms with van der Waals surface area (Å²) in [6, 6.07) is 2.79. The van der Waals surface area contributed by atoms with E-state index in [1.54, 1.807) is 24.0 Å². The molecule has 206 valence electrons. The number of halogens is 3. The number of H-pyrrole nitrogens is 1. The topological polar surface area (TPSA) is 107 Å². The number of hydrogen-bond acceptors (Lipinski definition) is 4. The van der Waals surface area contributed by atoms with Crippen molar-refractivity contribution >= 4 is 28.8 Å². The van der Waals surface area contributed by atoms with E-state index in [-0.39, 0.29) is 36.7 Å². The number of amides is 3. The Kier molecular flexibility index (Phi) is 6.89. The highest BCUT2D eigenvalue weighted by Gasteiger charge is 2.63. The van der Waals surface area contributed by atoms with Gasteiger partial charge in [-0.25, -0.2) is 18.2 Å². The molecule has 2 unspecified atom stereocenters. The molecule has 0 bridgehead atoms. The molecule has 3 amide bonds. The summed E-state index contributed by atoms with van der Waals surface area (Å²) < 4.78 is 40.8. The van der Waals surface area contributed by atoms with Crippen LogP contribution in [0.2, 0.25) is 0 Å². The molecule has 2 aromatic rings. The van der Waals surface area contributed by atoms with E-state index in [1.807, 2.05) is 6.92 Å². The van der Waals surface area contributed by atoms with Crippen molar-refractivity contribution < 1.29 is 27.6 Å². The van der Waals surface area contributed by atoms with Gasteiger partial charge in [-0.1, -0.05) is 6.07 Å². The van der Waals surface area contributed by atoms with Crippen LogP contribution in [0.25, 0.3) is 11.0 Å². The van der Waals surface area contributed by atoms with E-state index in [4.69, 9.17) is 0 Å². The third kappa shape index (κ3) is 5.24. The lowest BCUT2D eigenvalue weighted by atomic mass is 9.50. The summed E-state index contributed by atoms with van der Waals surface area (Å²) >= 11 is 0. The number of aromatic nitrogens is 2. The van der Waals surface area contributed by atoms with Gasteiger partial charge in [-0.15, -0.1) is 0 Å². The summed E-state index contributed by atoms with van der Waals surface area (Å²) in [5.41, 5.74) is 0.164. The smallest absolute Gasteiger partial charge is 0.249 e. The molecule has 3 aliphatic rings. The molecule has 3 N–H and O–H groups in total. The first-order valence-electron chi connectivity index (χ1n) is 13.4. The molecule has 1 aromatic heterocycles. The van der Waals surface area contributed by atoms with Crippen molar-refractivity contribution in [1.29, 1.82) is 0 Å². The molecule has 2 aliphatic carbocycles. The number of rotatable bonds is 7. The quantitative estimate of drug-likeness (QED) is 0.501. The minimum absolute atomic E-state index is 0.0480. The van der Waals surface area contributed by atoms with Crippen LogP contribution in [0.15, 0.2) is 18.2 Å². The fraction of sp³-hybridized carbons (Fsp3) is 0.630. The number of nitrogens with zero attached hydrogens (tertiary/aromatic N) is 2. The Balaban J connectivity index is 1.26. The number of para-hydroxylation sites is 1. The van der Waals surface area contributed by atoms with Crippen molar-refractivity contribution in [3.05, 3.63) is 29.8 Å². The van der Waals surface area contributed by atoms with Gasteiger partial charge in [-0.05, 0) is 63.5 Å². The number of hydrogen-bond donors (Lipinski definition) is 3. The SMILES string of the molecule is CC(NC(=O)C(CC(=O)N1CCCC[C@@H]1C)NC(=O)C1CC2(C1)CC(F)(F)C2)c1nc2c(F)cccc2[nH]1. The molecule has 3 atom stereocenters. The number of likely N-dealkylation sites (tertiary alicyclic amines) is 1. The Labute approximate surface area is 219 Å². The number of benzene rings is 1. The summed E-state index contributed by atoms with van der Waals surface area (Å²) in [6.07, 6.45) is 2.91. The lowest BCUT2D eigenvalue weighted by Gasteiger charge is -2.56. The third-order valence-corrected chi connectivity index (χ3v) is 8.38. The predicted octanol–water partition coefficient (Wildman–Crippen LogP) is 3.98. The Morgan fingerprint density at radius 3 is 2.58 bits per heavy atom. The Bertz CT molecular complexity index is 1230. The Morgan fingerprint density at radius 1 is 1.18 bits per heavy atom. The first kappa shape index (κ1) is 26.5. The van der Waals surface area contributed by atoms with Gasteiger partial charge in [0.1, 0.15) is 17.4 Å². The van der Waals surface area contributed by atoms with Gasteiger partial charge in [0.15, 0.2) is 5.82 Å². The average Bonchev–Trinajstić information content (AvgIpc) is 3.26. The summed E-state index contributed by atoms with van der Waals surface area (Å²) in [4.78, 5) is 48.5. The molecule has 1 spiro atoms. The maximum absolute atomic E-state index is 14.1. The number of aromatic amines is 1. The van der Waals surface area contributed by atoms with Gasteiger partial charge in [-0.2, -0.15) is 0 Å². The predicted molar refractivity (Wildman–Crippen MR) is 134 cm³/mol. The lowest BCUT2D eigenvalue weighted by Crippen LogP contribution is -2.59. The van der Waals surface area contributed by atoms with E-state index < -0.39 is 47.0 Å². The summed E-state index contributed by atoms with van der Waals surface area (Å²) in [7, 11) is 0. The molecular formula is C27H34F3N5O3. The highest BCUT2D eigenvalue weighted by molar-refractivity contribution is 5.93. The largest absolute Gasteiger partial charge is 0.345 e. The monoisotopic (exact) mass is 533 g/mol. The Hall–Kier alpha value is -3.11. The van der Waals surface area contributed by atoms with Gasteiger partial charge >= 0.3 is 0 Å². The maximum Gasteiger partial charge on any atom is 0.249 e. The van der Waals surface area contributed by atoms with Crippen LogP contribution in [-0.2, 0) is 14.4 Å². The van der Waals surface area contributed by atoms with Crippen LogP contribution in [0.4, 0.5) is 13.2 Å². The zero-order valence-electron chi connectivity index (χ0n) is 21.7. The van der Waals surface area contributed by atoms with E-state index in [0.717, 1.165) is 19.3 Å². The van der Waals surface area contributed by atoms with Gasteiger partial charge in [0.2, 0.25) is 23.6 Å². The summed E-state index contributed by atoms with van der Waals surface area (Å²) in [5.74, 6) is -4.44. The molecule has 8 nitrogen and oxygen atoms in total. The zero-order valence-corrected chi connectivity index (χ0v) is 21.7. The van der Waals surface area contributed by atoms with Crippen molar-refractivity contribution in [2.24, 2.45) is 11.3 Å². The van der Waals surface area contributed by atoms with E-state index in [0.29, 0.717) is 30.7 Å². The van der Waals surface area contributed by atoms with Crippen molar-refractivity contribution in [3.8, 4) is 0 Å². The first-order valence-corrected chi connectivity index (χ1v) is 13.4. The standard InChI is InChI=1S/C27H34F3N5O3/c1-15-6-3-4-9-35(15)21(36)10-20(33-24(37)17-11-26(12-17)13-27(29,30)14-26)25(38)31-16(2)23-32-19-8-5-7-18(28)22(19)34-23/h5,7-8,15-17,20H,3-4,6,9-14H2,1-2H3,(H,31,38)(H,32,34)(H,33,37)/t15-,16?,20?/m0/s1. The van der Waals surface area contributed by atoms with Gasteiger partial charge in [0.25, 0.3) is 0 Å². The van der Waals surface area contributed by atoms with E-state index in [2.05, 4.69) is 20.6 Å². The van der Waals surface area contributed by atoms with Crippen molar-refractivity contribution in [2.75, 3.05) is 6.54 Å². The molecule has 0 radical (unpaired) electrons. The van der Waals surface area contributed by atoms with Crippen LogP contribution in [-0.4, -0.2) is 57.1 Å². The van der Waals surface area contributed by atoms with Gasteiger partial charge < -0.3 is 20.5 Å². The molecule has 2 saturated carbocycles. The minimum atomic E-state index is -2.66. The van der Waals surface area contributed by atoms with Crippen LogP contribution in [0.5, 0.6) is 0 Å². The number of alkyl halides is 2. The normalized spacial score (nSPS) is 23.8. The molecule has 2 heterocycles. The number of carbonyl (C=O) groups excluding carboxylic acids is 3. The molecule has 1 saturated heterocycles. The van der Waals surface area contributed by atoms with Gasteiger partial charge in [0, 0.05) is 31.3 Å². The van der Waals surface area contributed by atoms with Crippen molar-refractivity contribution in [3.63, 3.8) is 0 Å².